The van der Waals surface area contributed by atoms with Crippen LogP contribution in [-0.2, 0) is 26.1 Å². The van der Waals surface area contributed by atoms with Gasteiger partial charge in [0.25, 0.3) is 10.0 Å². The molecule has 1 aromatic carbocycles. The summed E-state index contributed by atoms with van der Waals surface area (Å²) in [7, 11) is -3.72. The SMILES string of the molecule is Cc1cc(C(=O)[C@H](C)OC(=O)[C@H](C)N=C2NS(=O)(=O)c3ccccc32)c(C)n1Cc1ccco1. The van der Waals surface area contributed by atoms with Gasteiger partial charge in [-0.2, -0.15) is 0 Å². The molecule has 0 amide bonds. The van der Waals surface area contributed by atoms with Gasteiger partial charge in [-0.1, -0.05) is 12.1 Å². The molecular formula is C24H25N3O6S. The zero-order chi connectivity index (χ0) is 24.6. The number of fused-ring (bicyclic) bond motifs is 1. The molecule has 1 N–H and O–H groups in total. The van der Waals surface area contributed by atoms with Crippen LogP contribution in [0.25, 0.3) is 0 Å². The molecule has 0 saturated carbocycles. The maximum absolute atomic E-state index is 13.0. The van der Waals surface area contributed by atoms with E-state index in [-0.39, 0.29) is 16.5 Å². The first-order chi connectivity index (χ1) is 16.1. The number of carbonyl (C=O) groups is 2. The average molecular weight is 484 g/mol. The minimum absolute atomic E-state index is 0.0699. The Morgan fingerprint density at radius 1 is 1.15 bits per heavy atom. The molecule has 3 heterocycles. The van der Waals surface area contributed by atoms with Gasteiger partial charge in [0.15, 0.2) is 6.10 Å². The predicted molar refractivity (Wildman–Crippen MR) is 124 cm³/mol. The van der Waals surface area contributed by atoms with E-state index in [1.807, 2.05) is 24.5 Å². The van der Waals surface area contributed by atoms with Crippen LogP contribution < -0.4 is 4.72 Å². The van der Waals surface area contributed by atoms with Crippen molar-refractivity contribution >= 4 is 27.6 Å². The molecule has 2 aromatic heterocycles. The van der Waals surface area contributed by atoms with Crippen LogP contribution in [0, 0.1) is 13.8 Å². The van der Waals surface area contributed by atoms with Crippen LogP contribution in [-0.4, -0.2) is 42.7 Å². The van der Waals surface area contributed by atoms with Crippen LogP contribution in [0.2, 0.25) is 0 Å². The van der Waals surface area contributed by atoms with Gasteiger partial charge in [0, 0.05) is 22.5 Å². The molecule has 3 aromatic rings. The van der Waals surface area contributed by atoms with E-state index in [0.717, 1.165) is 17.1 Å². The van der Waals surface area contributed by atoms with Crippen molar-refractivity contribution in [1.82, 2.24) is 9.29 Å². The van der Waals surface area contributed by atoms with Crippen LogP contribution in [0.15, 0.2) is 63.0 Å². The minimum Gasteiger partial charge on any atom is -0.467 e. The highest BCUT2D eigenvalue weighted by molar-refractivity contribution is 7.90. The van der Waals surface area contributed by atoms with E-state index in [4.69, 9.17) is 9.15 Å². The fraction of sp³-hybridized carbons (Fsp3) is 0.292. The number of nitrogens with zero attached hydrogens (tertiary/aromatic N) is 2. The first-order valence-electron chi connectivity index (χ1n) is 10.7. The van der Waals surface area contributed by atoms with Gasteiger partial charge in [-0.25, -0.2) is 13.2 Å². The van der Waals surface area contributed by atoms with E-state index in [1.165, 1.54) is 19.9 Å². The van der Waals surface area contributed by atoms with Gasteiger partial charge in [0.2, 0.25) is 5.78 Å². The highest BCUT2D eigenvalue weighted by atomic mass is 32.2. The number of benzene rings is 1. The standard InChI is InChI=1S/C24H25N3O6S/c1-14-12-20(16(3)27(14)13-18-8-7-11-32-18)22(28)17(4)33-24(29)15(2)25-23-19-9-5-6-10-21(19)34(30,31)26-23/h5-12,15,17H,13H2,1-4H3,(H,25,26)/t15-,17-/m0/s1. The summed E-state index contributed by atoms with van der Waals surface area (Å²) in [6.45, 7) is 7.19. The molecule has 1 aliphatic rings. The number of Topliss-reactive ketones (excluding diaryl/α,β-unsaturated/α-hetero) is 1. The van der Waals surface area contributed by atoms with Crippen molar-refractivity contribution in [2.45, 2.75) is 51.3 Å². The van der Waals surface area contributed by atoms with Crippen molar-refractivity contribution in [1.29, 1.82) is 0 Å². The Bertz CT molecular complexity index is 1390. The Labute approximate surface area is 197 Å². The largest absolute Gasteiger partial charge is 0.467 e. The number of hydrogen-bond acceptors (Lipinski definition) is 7. The molecule has 0 aliphatic carbocycles. The summed E-state index contributed by atoms with van der Waals surface area (Å²) in [5.74, 6) is -0.238. The molecule has 178 valence electrons. The van der Waals surface area contributed by atoms with Gasteiger partial charge in [-0.15, -0.1) is 0 Å². The Kier molecular flexibility index (Phi) is 6.18. The summed E-state index contributed by atoms with van der Waals surface area (Å²) in [4.78, 5) is 30.0. The van der Waals surface area contributed by atoms with E-state index in [0.29, 0.717) is 17.7 Å². The number of rotatable bonds is 7. The number of ketones is 1. The molecule has 0 spiro atoms. The molecule has 0 fully saturated rings. The second-order valence-electron chi connectivity index (χ2n) is 8.15. The number of sulfonamides is 1. The Hall–Kier alpha value is -3.66. The summed E-state index contributed by atoms with van der Waals surface area (Å²) in [6, 6.07) is 10.8. The van der Waals surface area contributed by atoms with Crippen LogP contribution in [0.3, 0.4) is 0 Å². The Morgan fingerprint density at radius 3 is 2.59 bits per heavy atom. The van der Waals surface area contributed by atoms with Crippen LogP contribution >= 0.6 is 0 Å². The number of aromatic nitrogens is 1. The number of furan rings is 1. The van der Waals surface area contributed by atoms with E-state index >= 15 is 0 Å². The molecule has 10 heteroatoms. The molecule has 0 bridgehead atoms. The summed E-state index contributed by atoms with van der Waals surface area (Å²) in [6.07, 6.45) is 0.553. The summed E-state index contributed by atoms with van der Waals surface area (Å²) in [5, 5.41) is 0. The van der Waals surface area contributed by atoms with Gasteiger partial charge in [0.05, 0.1) is 17.7 Å². The zero-order valence-corrected chi connectivity index (χ0v) is 20.0. The zero-order valence-electron chi connectivity index (χ0n) is 19.2. The number of nitrogens with one attached hydrogen (secondary N) is 1. The maximum atomic E-state index is 13.0. The third kappa shape index (κ3) is 4.41. The number of esters is 1. The molecule has 4 rings (SSSR count). The van der Waals surface area contributed by atoms with E-state index in [1.54, 1.807) is 36.6 Å². The van der Waals surface area contributed by atoms with Gasteiger partial charge in [-0.05, 0) is 58.0 Å². The summed E-state index contributed by atoms with van der Waals surface area (Å²) < 4.78 is 39.6. The number of aliphatic imine (C=N–C) groups is 1. The predicted octanol–water partition coefficient (Wildman–Crippen LogP) is 2.99. The summed E-state index contributed by atoms with van der Waals surface area (Å²) in [5.41, 5.74) is 2.46. The van der Waals surface area contributed by atoms with Gasteiger partial charge in [0.1, 0.15) is 17.6 Å². The number of amidine groups is 1. The van der Waals surface area contributed by atoms with E-state index in [9.17, 15) is 18.0 Å². The Morgan fingerprint density at radius 2 is 1.88 bits per heavy atom. The number of carbonyl (C=O) groups excluding carboxylic acids is 2. The van der Waals surface area contributed by atoms with Gasteiger partial charge >= 0.3 is 5.97 Å². The van der Waals surface area contributed by atoms with Crippen molar-refractivity contribution in [3.05, 3.63) is 77.0 Å². The van der Waals surface area contributed by atoms with E-state index < -0.39 is 28.1 Å². The smallest absolute Gasteiger partial charge is 0.331 e. The quantitative estimate of drug-likeness (QED) is 0.408. The second-order valence-corrected chi connectivity index (χ2v) is 9.80. The summed E-state index contributed by atoms with van der Waals surface area (Å²) >= 11 is 0. The molecule has 0 radical (unpaired) electrons. The Balaban J connectivity index is 1.47. The highest BCUT2D eigenvalue weighted by Crippen LogP contribution is 2.23. The van der Waals surface area contributed by atoms with E-state index in [2.05, 4.69) is 9.71 Å². The topological polar surface area (TPSA) is 120 Å². The van der Waals surface area contributed by atoms with Crippen molar-refractivity contribution in [2.24, 2.45) is 4.99 Å². The fourth-order valence-electron chi connectivity index (χ4n) is 3.87. The third-order valence-electron chi connectivity index (χ3n) is 5.72. The van der Waals surface area contributed by atoms with Crippen molar-refractivity contribution in [3.8, 4) is 0 Å². The highest BCUT2D eigenvalue weighted by Gasteiger charge is 2.32. The third-order valence-corrected chi connectivity index (χ3v) is 7.12. The lowest BCUT2D eigenvalue weighted by molar-refractivity contribution is -0.147. The van der Waals surface area contributed by atoms with Crippen LogP contribution in [0.5, 0.6) is 0 Å². The molecule has 9 nitrogen and oxygen atoms in total. The van der Waals surface area contributed by atoms with Crippen LogP contribution in [0.1, 0.15) is 46.9 Å². The van der Waals surface area contributed by atoms with Crippen molar-refractivity contribution < 1.29 is 27.2 Å². The lowest BCUT2D eigenvalue weighted by atomic mass is 10.1. The van der Waals surface area contributed by atoms with Crippen LogP contribution in [0.4, 0.5) is 0 Å². The van der Waals surface area contributed by atoms with Crippen molar-refractivity contribution in [3.63, 3.8) is 0 Å². The molecule has 2 atom stereocenters. The molecular weight excluding hydrogens is 458 g/mol. The fourth-order valence-corrected chi connectivity index (χ4v) is 5.11. The minimum atomic E-state index is -3.72. The number of ether oxygens (including phenoxy) is 1. The first kappa shape index (κ1) is 23.5. The lowest BCUT2D eigenvalue weighted by Gasteiger charge is -2.15. The average Bonchev–Trinajstić information content (AvgIpc) is 3.47. The van der Waals surface area contributed by atoms with Gasteiger partial charge in [-0.3, -0.25) is 14.5 Å². The lowest BCUT2D eigenvalue weighted by Crippen LogP contribution is -2.31. The normalized spacial score (nSPS) is 17.1. The number of hydrogen-bond donors (Lipinski definition) is 1. The second kappa shape index (κ2) is 8.94. The molecule has 0 unspecified atom stereocenters. The molecule has 0 saturated heterocycles. The van der Waals surface area contributed by atoms with Gasteiger partial charge < -0.3 is 13.7 Å². The molecule has 34 heavy (non-hydrogen) atoms. The monoisotopic (exact) mass is 483 g/mol. The maximum Gasteiger partial charge on any atom is 0.331 e. The number of aryl methyl sites for hydroxylation is 1. The molecule has 1 aliphatic heterocycles. The first-order valence-corrected chi connectivity index (χ1v) is 12.2. The van der Waals surface area contributed by atoms with Crippen molar-refractivity contribution in [2.75, 3.05) is 0 Å².